The lowest BCUT2D eigenvalue weighted by atomic mass is 9.87. The maximum atomic E-state index is 14.9. The summed E-state index contributed by atoms with van der Waals surface area (Å²) in [6, 6.07) is 48.8. The minimum absolute atomic E-state index is 0.106. The van der Waals surface area contributed by atoms with Crippen LogP contribution in [0.5, 0.6) is 0 Å². The van der Waals surface area contributed by atoms with E-state index in [1.165, 1.54) is 3.97 Å². The number of carbonyl (C=O) groups is 1. The molecular weight excluding hydrogens is 685 g/mol. The monoisotopic (exact) mass is 722 g/mol. The van der Waals surface area contributed by atoms with Gasteiger partial charge in [-0.2, -0.15) is 0 Å². The van der Waals surface area contributed by atoms with Crippen LogP contribution < -0.4 is 15.7 Å². The first-order valence-electron chi connectivity index (χ1n) is 17.3. The maximum Gasteiger partial charge on any atom is 0.268 e. The Balaban J connectivity index is 1.29. The van der Waals surface area contributed by atoms with E-state index in [0.717, 1.165) is 10.4 Å². The van der Waals surface area contributed by atoms with Crippen molar-refractivity contribution in [2.75, 3.05) is 5.32 Å². The van der Waals surface area contributed by atoms with Crippen LogP contribution in [-0.4, -0.2) is 26.5 Å². The molecule has 260 valence electrons. The summed E-state index contributed by atoms with van der Waals surface area (Å²) in [5, 5.41) is 6.14. The average Bonchev–Trinajstić information content (AvgIpc) is 3.88. The molecule has 7 nitrogen and oxygen atoms in total. The predicted molar refractivity (Wildman–Crippen MR) is 207 cm³/mol. The van der Waals surface area contributed by atoms with E-state index in [1.54, 1.807) is 66.7 Å². The first kappa shape index (κ1) is 33.6. The normalized spacial score (nSPS) is 16.2. The van der Waals surface area contributed by atoms with Gasteiger partial charge in [0, 0.05) is 16.6 Å². The molecule has 1 aliphatic heterocycles. The Bertz CT molecular complexity index is 2480. The van der Waals surface area contributed by atoms with Gasteiger partial charge in [0.25, 0.3) is 18.3 Å². The number of benzene rings is 5. The van der Waals surface area contributed by atoms with E-state index >= 15 is 0 Å². The van der Waals surface area contributed by atoms with Gasteiger partial charge in [0.05, 0.1) is 22.7 Å². The predicted octanol–water partition coefficient (Wildman–Crippen LogP) is 8.10. The van der Waals surface area contributed by atoms with Gasteiger partial charge in [0.15, 0.2) is 0 Å². The van der Waals surface area contributed by atoms with Crippen molar-refractivity contribution in [1.82, 2.24) is 3.97 Å². The highest BCUT2D eigenvalue weighted by atomic mass is 32.2. The van der Waals surface area contributed by atoms with Gasteiger partial charge in [-0.3, -0.25) is 4.79 Å². The van der Waals surface area contributed by atoms with Gasteiger partial charge in [-0.15, -0.1) is 0 Å². The van der Waals surface area contributed by atoms with Gasteiger partial charge in [-0.25, -0.2) is 12.4 Å². The van der Waals surface area contributed by atoms with Crippen molar-refractivity contribution in [2.24, 2.45) is 0 Å². The minimum atomic E-state index is -4.18. The number of furan rings is 1. The molecule has 9 heteroatoms. The number of rotatable bonds is 9. The van der Waals surface area contributed by atoms with Crippen molar-refractivity contribution in [1.29, 1.82) is 0 Å². The van der Waals surface area contributed by atoms with Crippen molar-refractivity contribution in [3.63, 3.8) is 0 Å². The zero-order valence-electron chi connectivity index (χ0n) is 29.1. The fourth-order valence-corrected chi connectivity index (χ4v) is 13.8. The first-order valence-corrected chi connectivity index (χ1v) is 20.6. The summed E-state index contributed by atoms with van der Waals surface area (Å²) in [6.45, 7) is 6.78. The number of ketones is 1. The summed E-state index contributed by atoms with van der Waals surface area (Å²) in [5.41, 5.74) is 0.00159. The molecule has 7 aromatic rings. The molecule has 52 heavy (non-hydrogen) atoms. The number of anilines is 1. The lowest BCUT2D eigenvalue weighted by Gasteiger charge is -2.42. The molecule has 5 aromatic carbocycles. The van der Waals surface area contributed by atoms with Gasteiger partial charge in [-0.05, 0) is 63.9 Å². The van der Waals surface area contributed by atoms with Crippen LogP contribution in [0.3, 0.4) is 0 Å². The van der Waals surface area contributed by atoms with E-state index in [9.17, 15) is 13.2 Å². The van der Waals surface area contributed by atoms with Crippen LogP contribution in [0.2, 0.25) is 5.04 Å². The van der Waals surface area contributed by atoms with Crippen molar-refractivity contribution in [3.05, 3.63) is 181 Å². The molecule has 1 aliphatic rings. The molecule has 0 saturated carbocycles. The summed E-state index contributed by atoms with van der Waals surface area (Å²) in [4.78, 5) is 15.0. The number of hydrogen-bond acceptors (Lipinski definition) is 6. The Hall–Kier alpha value is -5.48. The third kappa shape index (κ3) is 5.18. The minimum Gasteiger partial charge on any atom is -0.460 e. The zero-order chi connectivity index (χ0) is 36.1. The van der Waals surface area contributed by atoms with E-state index in [4.69, 9.17) is 8.84 Å². The van der Waals surface area contributed by atoms with Gasteiger partial charge in [0.1, 0.15) is 11.5 Å². The Morgan fingerprint density at radius 2 is 1.31 bits per heavy atom. The van der Waals surface area contributed by atoms with E-state index in [-0.39, 0.29) is 33.8 Å². The topological polar surface area (TPSA) is 90.5 Å². The third-order valence-electron chi connectivity index (χ3n) is 10.0. The molecule has 0 spiro atoms. The third-order valence-corrected chi connectivity index (χ3v) is 16.8. The second-order valence-electron chi connectivity index (χ2n) is 14.1. The lowest BCUT2D eigenvalue weighted by Crippen LogP contribution is -2.66. The van der Waals surface area contributed by atoms with Gasteiger partial charge in [0.2, 0.25) is 11.3 Å². The molecule has 0 radical (unpaired) electrons. The van der Waals surface area contributed by atoms with Gasteiger partial charge in [-0.1, -0.05) is 130 Å². The quantitative estimate of drug-likeness (QED) is 0.152. The van der Waals surface area contributed by atoms with Crippen LogP contribution in [0.4, 0.5) is 5.69 Å². The molecule has 8 rings (SSSR count). The highest BCUT2D eigenvalue weighted by molar-refractivity contribution is 7.90. The molecule has 1 N–H and O–H groups in total. The van der Waals surface area contributed by atoms with E-state index in [1.807, 2.05) is 66.7 Å². The average molecular weight is 723 g/mol. The molecule has 0 bridgehead atoms. The number of carbonyl (C=O) groups excluding carboxylic acids is 1. The molecule has 3 heterocycles. The van der Waals surface area contributed by atoms with Crippen LogP contribution in [-0.2, 0) is 26.6 Å². The van der Waals surface area contributed by atoms with Crippen LogP contribution in [0.15, 0.2) is 167 Å². The standard InChI is InChI=1S/C43H38N2O5SSi/c1-42(2,3)52(34-20-9-5-10-21-34,35-22-11-6-12-23-35)49-30-32-27-28-40(50-32)43(41(46)36-24-14-15-25-37(36)44-43)39-29-31-17-13-16-26-38(31)45(39)51(47,48)33-18-7-4-8-19-33/h4-29,44H,30H2,1-3H3. The van der Waals surface area contributed by atoms with E-state index < -0.39 is 23.9 Å². The van der Waals surface area contributed by atoms with Crippen molar-refractivity contribution in [3.8, 4) is 0 Å². The largest absolute Gasteiger partial charge is 0.460 e. The lowest BCUT2D eigenvalue weighted by molar-refractivity contribution is 0.0923. The Morgan fingerprint density at radius 3 is 1.94 bits per heavy atom. The maximum absolute atomic E-state index is 14.9. The summed E-state index contributed by atoms with van der Waals surface area (Å²) in [5.74, 6) is 0.466. The highest BCUT2D eigenvalue weighted by Gasteiger charge is 2.54. The Labute approximate surface area is 304 Å². The van der Waals surface area contributed by atoms with Gasteiger partial charge < -0.3 is 14.2 Å². The fraction of sp³-hybridized carbons (Fsp3) is 0.140. The van der Waals surface area contributed by atoms with Gasteiger partial charge >= 0.3 is 0 Å². The molecule has 1 unspecified atom stereocenters. The number of Topliss-reactive ketones (excluding diaryl/α,β-unsaturated/α-hetero) is 1. The highest BCUT2D eigenvalue weighted by Crippen LogP contribution is 2.47. The summed E-state index contributed by atoms with van der Waals surface area (Å²) >= 11 is 0. The molecule has 0 saturated heterocycles. The molecular formula is C43H38N2O5SSi. The molecule has 0 aliphatic carbocycles. The molecule has 0 fully saturated rings. The van der Waals surface area contributed by atoms with E-state index in [0.29, 0.717) is 27.9 Å². The summed E-state index contributed by atoms with van der Waals surface area (Å²) < 4.78 is 44.3. The number of aromatic nitrogens is 1. The summed E-state index contributed by atoms with van der Waals surface area (Å²) in [6.07, 6.45) is 0. The number of nitrogens with one attached hydrogen (secondary N) is 1. The van der Waals surface area contributed by atoms with E-state index in [2.05, 4.69) is 50.4 Å². The molecule has 1 atom stereocenters. The Kier molecular flexibility index (Phi) is 8.17. The summed E-state index contributed by atoms with van der Waals surface area (Å²) in [7, 11) is -7.11. The second kappa shape index (κ2) is 12.6. The molecule has 0 amide bonds. The van der Waals surface area contributed by atoms with Crippen LogP contribution >= 0.6 is 0 Å². The van der Waals surface area contributed by atoms with Crippen molar-refractivity contribution in [2.45, 2.75) is 42.9 Å². The zero-order valence-corrected chi connectivity index (χ0v) is 30.9. The first-order chi connectivity index (χ1) is 25.1. The molecule has 2 aromatic heterocycles. The number of fused-ring (bicyclic) bond motifs is 2. The fourth-order valence-electron chi connectivity index (χ4n) is 7.68. The Morgan fingerprint density at radius 1 is 0.731 bits per heavy atom. The van der Waals surface area contributed by atoms with Crippen LogP contribution in [0.25, 0.3) is 10.9 Å². The van der Waals surface area contributed by atoms with Crippen LogP contribution in [0.1, 0.15) is 48.3 Å². The number of hydrogen-bond donors (Lipinski definition) is 1. The number of nitrogens with zero attached hydrogens (tertiary/aromatic N) is 1. The SMILES string of the molecule is CC(C)(C)[Si](OCc1ccc(C2(c3cc4ccccc4n3S(=O)(=O)c3ccccc3)Nc3ccccc3C2=O)o1)(c1ccccc1)c1ccccc1. The number of para-hydroxylation sites is 2. The van der Waals surface area contributed by atoms with Crippen LogP contribution in [0, 0.1) is 0 Å². The second-order valence-corrected chi connectivity index (χ2v) is 20.2. The van der Waals surface area contributed by atoms with Crippen molar-refractivity contribution >= 4 is 51.1 Å². The van der Waals surface area contributed by atoms with Crippen molar-refractivity contribution < 1.29 is 22.1 Å². The smallest absolute Gasteiger partial charge is 0.268 e.